The van der Waals surface area contributed by atoms with E-state index < -0.39 is 30.4 Å². The highest BCUT2D eigenvalue weighted by molar-refractivity contribution is 5.86. The minimum absolute atomic E-state index is 0.186. The summed E-state index contributed by atoms with van der Waals surface area (Å²) in [5.74, 6) is -2.71. The van der Waals surface area contributed by atoms with E-state index >= 15 is 0 Å². The maximum atomic E-state index is 11.0. The Morgan fingerprint density at radius 1 is 1.27 bits per heavy atom. The highest BCUT2D eigenvalue weighted by Gasteiger charge is 2.22. The molecule has 1 unspecified atom stereocenters. The molecule has 0 radical (unpaired) electrons. The van der Waals surface area contributed by atoms with Gasteiger partial charge in [0.25, 0.3) is 0 Å². The van der Waals surface area contributed by atoms with E-state index in [9.17, 15) is 14.4 Å². The lowest BCUT2D eigenvalue weighted by molar-refractivity contribution is -0.145. The van der Waals surface area contributed by atoms with Gasteiger partial charge in [0.05, 0.1) is 6.42 Å². The van der Waals surface area contributed by atoms with Gasteiger partial charge in [0.2, 0.25) is 0 Å². The molecular formula is C7H13N3O5. The Morgan fingerprint density at radius 2 is 1.87 bits per heavy atom. The van der Waals surface area contributed by atoms with Gasteiger partial charge in [-0.15, -0.1) is 0 Å². The molecule has 0 spiro atoms. The van der Waals surface area contributed by atoms with Crippen molar-refractivity contribution in [3.8, 4) is 0 Å². The fraction of sp³-hybridized carbons (Fsp3) is 0.571. The number of carbonyl (C=O) groups is 3. The van der Waals surface area contributed by atoms with Crippen LogP contribution in [0.1, 0.15) is 6.42 Å². The number of carboxylic acid groups (broad SMARTS) is 2. The first kappa shape index (κ1) is 13.2. The molecule has 0 saturated carbocycles. The van der Waals surface area contributed by atoms with E-state index in [4.69, 9.17) is 15.9 Å². The van der Waals surface area contributed by atoms with Gasteiger partial charge in [-0.3, -0.25) is 4.79 Å². The Bertz CT molecular complexity index is 255. The molecule has 0 rings (SSSR count). The standard InChI is InChI=1S/C7H13N3O5/c8-1-2-9-7(15)10-4(6(13)14)3-5(11)12/h4H,1-3,8H2,(H,11,12)(H,13,14)(H2,9,10,15). The molecule has 86 valence electrons. The van der Waals surface area contributed by atoms with Gasteiger partial charge in [0.1, 0.15) is 6.04 Å². The molecule has 0 aliphatic rings. The molecule has 0 bridgehead atoms. The molecule has 0 aliphatic heterocycles. The van der Waals surface area contributed by atoms with Crippen LogP contribution in [-0.4, -0.2) is 47.3 Å². The normalized spacial score (nSPS) is 11.5. The largest absolute Gasteiger partial charge is 0.481 e. The number of aliphatic carboxylic acids is 2. The van der Waals surface area contributed by atoms with E-state index in [1.165, 1.54) is 0 Å². The minimum Gasteiger partial charge on any atom is -0.481 e. The van der Waals surface area contributed by atoms with E-state index in [1.54, 1.807) is 0 Å². The predicted molar refractivity (Wildman–Crippen MR) is 49.3 cm³/mol. The molecule has 6 N–H and O–H groups in total. The van der Waals surface area contributed by atoms with E-state index in [-0.39, 0.29) is 13.1 Å². The number of hydrogen-bond donors (Lipinski definition) is 5. The number of amides is 2. The van der Waals surface area contributed by atoms with Gasteiger partial charge in [-0.2, -0.15) is 0 Å². The molecule has 0 fully saturated rings. The fourth-order valence-corrected chi connectivity index (χ4v) is 0.770. The van der Waals surface area contributed by atoms with Crippen molar-refractivity contribution in [2.45, 2.75) is 12.5 Å². The Labute approximate surface area is 85.4 Å². The smallest absolute Gasteiger partial charge is 0.326 e. The maximum absolute atomic E-state index is 11.0. The zero-order valence-corrected chi connectivity index (χ0v) is 7.90. The highest BCUT2D eigenvalue weighted by Crippen LogP contribution is 1.92. The predicted octanol–water partition coefficient (Wildman–Crippen LogP) is -1.83. The lowest BCUT2D eigenvalue weighted by atomic mass is 10.2. The van der Waals surface area contributed by atoms with Crippen LogP contribution in [0, 0.1) is 0 Å². The zero-order valence-electron chi connectivity index (χ0n) is 7.90. The summed E-state index contributed by atoms with van der Waals surface area (Å²) in [6.45, 7) is 0.398. The second-order valence-electron chi connectivity index (χ2n) is 2.68. The van der Waals surface area contributed by atoms with Crippen molar-refractivity contribution in [1.82, 2.24) is 10.6 Å². The van der Waals surface area contributed by atoms with Crippen LogP contribution in [-0.2, 0) is 9.59 Å². The average Bonchev–Trinajstić information content (AvgIpc) is 2.12. The van der Waals surface area contributed by atoms with Gasteiger partial charge >= 0.3 is 18.0 Å². The molecule has 8 nitrogen and oxygen atoms in total. The van der Waals surface area contributed by atoms with Crippen molar-refractivity contribution in [3.05, 3.63) is 0 Å². The third-order valence-electron chi connectivity index (χ3n) is 1.41. The number of hydrogen-bond acceptors (Lipinski definition) is 4. The third-order valence-corrected chi connectivity index (χ3v) is 1.41. The van der Waals surface area contributed by atoms with Gasteiger partial charge < -0.3 is 26.6 Å². The first-order chi connectivity index (χ1) is 6.97. The molecule has 2 amide bonds. The number of rotatable bonds is 6. The SMILES string of the molecule is NCCNC(=O)NC(CC(=O)O)C(=O)O. The van der Waals surface area contributed by atoms with Gasteiger partial charge in [-0.1, -0.05) is 0 Å². The van der Waals surface area contributed by atoms with Crippen LogP contribution < -0.4 is 16.4 Å². The summed E-state index contributed by atoms with van der Waals surface area (Å²) < 4.78 is 0. The summed E-state index contributed by atoms with van der Waals surface area (Å²) in [5, 5.41) is 21.2. The number of carboxylic acids is 2. The molecule has 0 aromatic rings. The Hall–Kier alpha value is -1.83. The Kier molecular flexibility index (Phi) is 5.79. The summed E-state index contributed by atoms with van der Waals surface area (Å²) in [5.41, 5.74) is 5.10. The van der Waals surface area contributed by atoms with Crippen LogP contribution in [0.25, 0.3) is 0 Å². The molecule has 1 atom stereocenters. The topological polar surface area (TPSA) is 142 Å². The summed E-state index contributed by atoms with van der Waals surface area (Å²) in [7, 11) is 0. The second-order valence-corrected chi connectivity index (χ2v) is 2.68. The van der Waals surface area contributed by atoms with Crippen LogP contribution >= 0.6 is 0 Å². The molecule has 15 heavy (non-hydrogen) atoms. The van der Waals surface area contributed by atoms with Gasteiger partial charge in [0.15, 0.2) is 0 Å². The number of nitrogens with two attached hydrogens (primary N) is 1. The monoisotopic (exact) mass is 219 g/mol. The average molecular weight is 219 g/mol. The fourth-order valence-electron chi connectivity index (χ4n) is 0.770. The Morgan fingerprint density at radius 3 is 2.27 bits per heavy atom. The molecule has 0 aliphatic carbocycles. The second kappa shape index (κ2) is 6.60. The van der Waals surface area contributed by atoms with Crippen LogP contribution in [0.15, 0.2) is 0 Å². The highest BCUT2D eigenvalue weighted by atomic mass is 16.4. The summed E-state index contributed by atoms with van der Waals surface area (Å²) in [6, 6.07) is -2.20. The van der Waals surface area contributed by atoms with E-state index in [0.29, 0.717) is 0 Å². The van der Waals surface area contributed by atoms with Crippen LogP contribution in [0.5, 0.6) is 0 Å². The van der Waals surface area contributed by atoms with E-state index in [2.05, 4.69) is 5.32 Å². The van der Waals surface area contributed by atoms with Crippen molar-refractivity contribution in [1.29, 1.82) is 0 Å². The van der Waals surface area contributed by atoms with E-state index in [1.807, 2.05) is 5.32 Å². The van der Waals surface area contributed by atoms with Crippen molar-refractivity contribution in [2.75, 3.05) is 13.1 Å². The Balaban J connectivity index is 4.10. The number of urea groups is 1. The van der Waals surface area contributed by atoms with Crippen molar-refractivity contribution < 1.29 is 24.6 Å². The van der Waals surface area contributed by atoms with Crippen molar-refractivity contribution in [2.24, 2.45) is 5.73 Å². The van der Waals surface area contributed by atoms with Crippen LogP contribution in [0.4, 0.5) is 4.79 Å². The third kappa shape index (κ3) is 6.27. The van der Waals surface area contributed by atoms with Crippen LogP contribution in [0.2, 0.25) is 0 Å². The maximum Gasteiger partial charge on any atom is 0.326 e. The molecule has 0 saturated heterocycles. The van der Waals surface area contributed by atoms with Gasteiger partial charge in [-0.05, 0) is 0 Å². The number of carbonyl (C=O) groups excluding carboxylic acids is 1. The van der Waals surface area contributed by atoms with E-state index in [0.717, 1.165) is 0 Å². The molecule has 0 aromatic heterocycles. The molecule has 0 heterocycles. The number of nitrogens with one attached hydrogen (secondary N) is 2. The first-order valence-corrected chi connectivity index (χ1v) is 4.16. The quantitative estimate of drug-likeness (QED) is 0.356. The minimum atomic E-state index is -1.44. The lowest BCUT2D eigenvalue weighted by Crippen LogP contribution is -2.47. The molecule has 0 aromatic carbocycles. The summed E-state index contributed by atoms with van der Waals surface area (Å²) in [6.07, 6.45) is -0.675. The van der Waals surface area contributed by atoms with Crippen LogP contribution in [0.3, 0.4) is 0 Å². The zero-order chi connectivity index (χ0) is 11.8. The van der Waals surface area contributed by atoms with Crippen molar-refractivity contribution >= 4 is 18.0 Å². The first-order valence-electron chi connectivity index (χ1n) is 4.16. The molecular weight excluding hydrogens is 206 g/mol. The lowest BCUT2D eigenvalue weighted by Gasteiger charge is -2.12. The molecule has 8 heteroatoms. The van der Waals surface area contributed by atoms with Crippen molar-refractivity contribution in [3.63, 3.8) is 0 Å². The summed E-state index contributed by atoms with van der Waals surface area (Å²) in [4.78, 5) is 31.7. The van der Waals surface area contributed by atoms with Gasteiger partial charge in [0, 0.05) is 13.1 Å². The summed E-state index contributed by atoms with van der Waals surface area (Å²) >= 11 is 0. The van der Waals surface area contributed by atoms with Gasteiger partial charge in [-0.25, -0.2) is 9.59 Å².